The SMILES string of the molecule is Cc1ccc(NC(=O)C(C)(C)C(=O)N2CCc3ccccc32)cc1Cl. The van der Waals surface area contributed by atoms with E-state index in [2.05, 4.69) is 5.32 Å². The lowest BCUT2D eigenvalue weighted by Gasteiger charge is -2.28. The van der Waals surface area contributed by atoms with Crippen molar-refractivity contribution in [3.8, 4) is 0 Å². The first-order valence-corrected chi connectivity index (χ1v) is 8.66. The number of para-hydroxylation sites is 1. The molecular formula is C20H21ClN2O2. The minimum absolute atomic E-state index is 0.201. The highest BCUT2D eigenvalue weighted by atomic mass is 35.5. The Balaban J connectivity index is 1.79. The molecule has 1 aliphatic heterocycles. The van der Waals surface area contributed by atoms with Crippen LogP contribution in [-0.2, 0) is 16.0 Å². The number of benzene rings is 2. The molecule has 0 radical (unpaired) electrons. The number of anilines is 2. The Labute approximate surface area is 152 Å². The van der Waals surface area contributed by atoms with Gasteiger partial charge in [0.15, 0.2) is 0 Å². The third-order valence-corrected chi connectivity index (χ3v) is 5.07. The Morgan fingerprint density at radius 3 is 2.60 bits per heavy atom. The largest absolute Gasteiger partial charge is 0.325 e. The minimum Gasteiger partial charge on any atom is -0.325 e. The Kier molecular flexibility index (Phi) is 4.56. The van der Waals surface area contributed by atoms with E-state index in [9.17, 15) is 9.59 Å². The summed E-state index contributed by atoms with van der Waals surface area (Å²) >= 11 is 6.11. The average molecular weight is 357 g/mol. The summed E-state index contributed by atoms with van der Waals surface area (Å²) in [6.07, 6.45) is 0.813. The second kappa shape index (κ2) is 6.52. The van der Waals surface area contributed by atoms with Crippen molar-refractivity contribution < 1.29 is 9.59 Å². The number of nitrogens with one attached hydrogen (secondary N) is 1. The third-order valence-electron chi connectivity index (χ3n) is 4.66. The van der Waals surface area contributed by atoms with E-state index >= 15 is 0 Å². The summed E-state index contributed by atoms with van der Waals surface area (Å²) in [5.41, 5.74) is 2.37. The molecule has 0 atom stereocenters. The van der Waals surface area contributed by atoms with Crippen LogP contribution in [0.25, 0.3) is 0 Å². The predicted molar refractivity (Wildman–Crippen MR) is 101 cm³/mol. The zero-order chi connectivity index (χ0) is 18.2. The summed E-state index contributed by atoms with van der Waals surface area (Å²) in [7, 11) is 0. The quantitative estimate of drug-likeness (QED) is 0.838. The van der Waals surface area contributed by atoms with E-state index in [1.165, 1.54) is 0 Å². The smallest absolute Gasteiger partial charge is 0.242 e. The van der Waals surface area contributed by atoms with Crippen LogP contribution in [-0.4, -0.2) is 18.4 Å². The van der Waals surface area contributed by atoms with Crippen molar-refractivity contribution in [1.82, 2.24) is 0 Å². The molecule has 2 aromatic carbocycles. The molecule has 0 unspecified atom stereocenters. The Morgan fingerprint density at radius 1 is 1.16 bits per heavy atom. The number of halogens is 1. The first kappa shape index (κ1) is 17.5. The lowest BCUT2D eigenvalue weighted by molar-refractivity contribution is -0.136. The van der Waals surface area contributed by atoms with Crippen molar-refractivity contribution >= 4 is 34.8 Å². The van der Waals surface area contributed by atoms with Gasteiger partial charge < -0.3 is 10.2 Å². The van der Waals surface area contributed by atoms with E-state index in [-0.39, 0.29) is 11.8 Å². The standard InChI is InChI=1S/C20H21ClN2O2/c1-13-8-9-15(12-16(13)21)22-18(24)20(2,3)19(25)23-11-10-14-6-4-5-7-17(14)23/h4-9,12H,10-11H2,1-3H3,(H,22,24). The molecule has 130 valence electrons. The van der Waals surface area contributed by atoms with Gasteiger partial charge in [-0.1, -0.05) is 35.9 Å². The number of hydrogen-bond acceptors (Lipinski definition) is 2. The highest BCUT2D eigenvalue weighted by Crippen LogP contribution is 2.32. The van der Waals surface area contributed by atoms with Crippen molar-refractivity contribution in [2.45, 2.75) is 27.2 Å². The molecule has 0 fully saturated rings. The fourth-order valence-electron chi connectivity index (χ4n) is 2.94. The van der Waals surface area contributed by atoms with Crippen LogP contribution in [0.2, 0.25) is 5.02 Å². The second-order valence-electron chi connectivity index (χ2n) is 6.88. The van der Waals surface area contributed by atoms with Crippen molar-refractivity contribution in [1.29, 1.82) is 0 Å². The lowest BCUT2D eigenvalue weighted by atomic mass is 9.90. The molecule has 25 heavy (non-hydrogen) atoms. The number of carbonyl (C=O) groups is 2. The van der Waals surface area contributed by atoms with Gasteiger partial charge in [0.05, 0.1) is 0 Å². The summed E-state index contributed by atoms with van der Waals surface area (Å²) in [5, 5.41) is 3.39. The van der Waals surface area contributed by atoms with Gasteiger partial charge >= 0.3 is 0 Å². The van der Waals surface area contributed by atoms with E-state index in [1.807, 2.05) is 37.3 Å². The summed E-state index contributed by atoms with van der Waals surface area (Å²) in [4.78, 5) is 27.5. The Morgan fingerprint density at radius 2 is 1.88 bits per heavy atom. The van der Waals surface area contributed by atoms with Gasteiger partial charge in [0.1, 0.15) is 5.41 Å². The van der Waals surface area contributed by atoms with Gasteiger partial charge in [0.25, 0.3) is 0 Å². The van der Waals surface area contributed by atoms with Gasteiger partial charge in [0.2, 0.25) is 11.8 Å². The number of rotatable bonds is 3. The lowest BCUT2D eigenvalue weighted by Crippen LogP contribution is -2.47. The molecule has 5 heteroatoms. The molecule has 4 nitrogen and oxygen atoms in total. The van der Waals surface area contributed by atoms with E-state index in [0.29, 0.717) is 17.3 Å². The van der Waals surface area contributed by atoms with Gasteiger partial charge in [-0.05, 0) is 56.5 Å². The zero-order valence-electron chi connectivity index (χ0n) is 14.6. The molecule has 1 aliphatic rings. The second-order valence-corrected chi connectivity index (χ2v) is 7.29. The fraction of sp³-hybridized carbons (Fsp3) is 0.300. The summed E-state index contributed by atoms with van der Waals surface area (Å²) in [5.74, 6) is -0.546. The molecule has 0 spiro atoms. The molecule has 0 saturated heterocycles. The van der Waals surface area contributed by atoms with Crippen LogP contribution in [0.3, 0.4) is 0 Å². The Bertz CT molecular complexity index is 845. The van der Waals surface area contributed by atoms with E-state index < -0.39 is 5.41 Å². The predicted octanol–water partition coefficient (Wildman–Crippen LogP) is 4.20. The Hall–Kier alpha value is -2.33. The van der Waals surface area contributed by atoms with Crippen molar-refractivity contribution in [2.24, 2.45) is 5.41 Å². The summed E-state index contributed by atoms with van der Waals surface area (Å²) < 4.78 is 0. The van der Waals surface area contributed by atoms with Crippen LogP contribution in [0.15, 0.2) is 42.5 Å². The minimum atomic E-state index is -1.19. The van der Waals surface area contributed by atoms with Gasteiger partial charge in [0, 0.05) is 22.9 Å². The van der Waals surface area contributed by atoms with Gasteiger partial charge in [-0.2, -0.15) is 0 Å². The number of fused-ring (bicyclic) bond motifs is 1. The van der Waals surface area contributed by atoms with Crippen LogP contribution in [0.1, 0.15) is 25.0 Å². The first-order chi connectivity index (χ1) is 11.8. The summed E-state index contributed by atoms with van der Waals surface area (Å²) in [6, 6.07) is 13.1. The van der Waals surface area contributed by atoms with Gasteiger partial charge in [-0.25, -0.2) is 0 Å². The van der Waals surface area contributed by atoms with Crippen LogP contribution in [0, 0.1) is 12.3 Å². The maximum atomic E-state index is 13.0. The maximum absolute atomic E-state index is 13.0. The number of carbonyl (C=O) groups excluding carboxylic acids is 2. The number of amides is 2. The molecule has 0 aromatic heterocycles. The number of aryl methyl sites for hydroxylation is 1. The average Bonchev–Trinajstić information content (AvgIpc) is 3.01. The molecular weight excluding hydrogens is 336 g/mol. The van der Waals surface area contributed by atoms with Crippen LogP contribution >= 0.6 is 11.6 Å². The van der Waals surface area contributed by atoms with E-state index in [4.69, 9.17) is 11.6 Å². The first-order valence-electron chi connectivity index (χ1n) is 8.28. The topological polar surface area (TPSA) is 49.4 Å². The number of hydrogen-bond donors (Lipinski definition) is 1. The van der Waals surface area contributed by atoms with E-state index in [0.717, 1.165) is 23.2 Å². The van der Waals surface area contributed by atoms with Crippen LogP contribution in [0.5, 0.6) is 0 Å². The molecule has 3 rings (SSSR count). The summed E-state index contributed by atoms with van der Waals surface area (Å²) in [6.45, 7) is 5.81. The molecule has 1 N–H and O–H groups in total. The highest BCUT2D eigenvalue weighted by Gasteiger charge is 2.41. The molecule has 0 aliphatic carbocycles. The molecule has 0 saturated carbocycles. The van der Waals surface area contributed by atoms with Crippen molar-refractivity contribution in [3.05, 3.63) is 58.6 Å². The van der Waals surface area contributed by atoms with Gasteiger partial charge in [-0.15, -0.1) is 0 Å². The van der Waals surface area contributed by atoms with Gasteiger partial charge in [-0.3, -0.25) is 9.59 Å². The number of nitrogens with zero attached hydrogens (tertiary/aromatic N) is 1. The van der Waals surface area contributed by atoms with Crippen LogP contribution in [0.4, 0.5) is 11.4 Å². The van der Waals surface area contributed by atoms with Crippen molar-refractivity contribution in [2.75, 3.05) is 16.8 Å². The zero-order valence-corrected chi connectivity index (χ0v) is 15.4. The molecule has 2 aromatic rings. The third kappa shape index (κ3) is 3.27. The van der Waals surface area contributed by atoms with E-state index in [1.54, 1.807) is 30.9 Å². The monoisotopic (exact) mass is 356 g/mol. The van der Waals surface area contributed by atoms with Crippen LogP contribution < -0.4 is 10.2 Å². The maximum Gasteiger partial charge on any atom is 0.242 e. The fourth-order valence-corrected chi connectivity index (χ4v) is 3.12. The molecule has 0 bridgehead atoms. The van der Waals surface area contributed by atoms with Crippen molar-refractivity contribution in [3.63, 3.8) is 0 Å². The molecule has 2 amide bonds. The highest BCUT2D eigenvalue weighted by molar-refractivity contribution is 6.31. The normalized spacial score (nSPS) is 13.5. The molecule has 1 heterocycles.